The predicted octanol–water partition coefficient (Wildman–Crippen LogP) is 1.63. The van der Waals surface area contributed by atoms with E-state index in [-0.39, 0.29) is 0 Å². The number of aliphatic carboxylic acids is 1. The zero-order chi connectivity index (χ0) is 11.4. The quantitative estimate of drug-likeness (QED) is 0.563. The number of carbonyl (C=O) groups is 1. The lowest BCUT2D eigenvalue weighted by Crippen LogP contribution is -1.93. The normalized spacial score (nSPS) is 10.8. The molecule has 3 N–H and O–H groups in total. The van der Waals surface area contributed by atoms with Crippen molar-refractivity contribution in [3.05, 3.63) is 35.4 Å². The average molecular weight is 202 g/mol. The van der Waals surface area contributed by atoms with Gasteiger partial charge >= 0.3 is 5.97 Å². The lowest BCUT2D eigenvalue weighted by Gasteiger charge is -2.03. The van der Waals surface area contributed by atoms with Crippen LogP contribution in [0.4, 0.5) is 5.69 Å². The molecule has 15 heavy (non-hydrogen) atoms. The van der Waals surface area contributed by atoms with Crippen LogP contribution >= 0.6 is 0 Å². The lowest BCUT2D eigenvalue weighted by atomic mass is 10.0. The van der Waals surface area contributed by atoms with Gasteiger partial charge in [0.1, 0.15) is 6.07 Å². The van der Waals surface area contributed by atoms with Crippen molar-refractivity contribution < 1.29 is 9.90 Å². The van der Waals surface area contributed by atoms with E-state index in [4.69, 9.17) is 16.1 Å². The van der Waals surface area contributed by atoms with Gasteiger partial charge in [-0.15, -0.1) is 0 Å². The van der Waals surface area contributed by atoms with E-state index >= 15 is 0 Å². The highest BCUT2D eigenvalue weighted by molar-refractivity contribution is 5.89. The first kappa shape index (κ1) is 10.8. The van der Waals surface area contributed by atoms with Gasteiger partial charge in [0, 0.05) is 11.8 Å². The van der Waals surface area contributed by atoms with E-state index < -0.39 is 5.97 Å². The molecule has 4 nitrogen and oxygen atoms in total. The SMILES string of the molecule is C/C(=C\C(=O)O)c1ccc(N)c(C#N)c1. The van der Waals surface area contributed by atoms with Crippen molar-refractivity contribution in [2.45, 2.75) is 6.92 Å². The molecular weight excluding hydrogens is 192 g/mol. The molecule has 0 radical (unpaired) electrons. The Kier molecular flexibility index (Phi) is 3.09. The molecule has 0 fully saturated rings. The van der Waals surface area contributed by atoms with Crippen LogP contribution in [-0.2, 0) is 4.79 Å². The number of hydrogen-bond acceptors (Lipinski definition) is 3. The van der Waals surface area contributed by atoms with E-state index in [1.54, 1.807) is 25.1 Å². The van der Waals surface area contributed by atoms with Crippen LogP contribution < -0.4 is 5.73 Å². The van der Waals surface area contributed by atoms with Crippen molar-refractivity contribution in [1.29, 1.82) is 5.26 Å². The summed E-state index contributed by atoms with van der Waals surface area (Å²) in [5, 5.41) is 17.3. The van der Waals surface area contributed by atoms with Gasteiger partial charge in [0.15, 0.2) is 0 Å². The first-order valence-corrected chi connectivity index (χ1v) is 4.26. The Morgan fingerprint density at radius 2 is 2.27 bits per heavy atom. The van der Waals surface area contributed by atoms with Crippen LogP contribution in [0.3, 0.4) is 0 Å². The van der Waals surface area contributed by atoms with Crippen molar-refractivity contribution in [1.82, 2.24) is 0 Å². The summed E-state index contributed by atoms with van der Waals surface area (Å²) in [5.41, 5.74) is 7.55. The number of carboxylic acid groups (broad SMARTS) is 1. The number of rotatable bonds is 2. The van der Waals surface area contributed by atoms with Crippen LogP contribution in [0.25, 0.3) is 5.57 Å². The number of anilines is 1. The maximum atomic E-state index is 10.4. The van der Waals surface area contributed by atoms with Gasteiger partial charge < -0.3 is 10.8 Å². The Hall–Kier alpha value is -2.28. The molecule has 0 aliphatic carbocycles. The Bertz CT molecular complexity index is 470. The van der Waals surface area contributed by atoms with Gasteiger partial charge in [-0.1, -0.05) is 6.07 Å². The largest absolute Gasteiger partial charge is 0.478 e. The highest BCUT2D eigenvalue weighted by Gasteiger charge is 2.02. The minimum atomic E-state index is -1.01. The number of benzene rings is 1. The third kappa shape index (κ3) is 2.58. The van der Waals surface area contributed by atoms with Crippen LogP contribution in [0, 0.1) is 11.3 Å². The van der Waals surface area contributed by atoms with Crippen molar-refractivity contribution in [3.8, 4) is 6.07 Å². The van der Waals surface area contributed by atoms with Gasteiger partial charge in [-0.2, -0.15) is 5.26 Å². The number of nitrogens with zero attached hydrogens (tertiary/aromatic N) is 1. The van der Waals surface area contributed by atoms with Crippen LogP contribution in [0.1, 0.15) is 18.1 Å². The molecule has 0 atom stereocenters. The second-order valence-corrected chi connectivity index (χ2v) is 3.08. The summed E-state index contributed by atoms with van der Waals surface area (Å²) < 4.78 is 0. The molecule has 0 aliphatic rings. The zero-order valence-electron chi connectivity index (χ0n) is 8.19. The molecule has 0 saturated heterocycles. The Labute approximate surface area is 87.3 Å². The van der Waals surface area contributed by atoms with Gasteiger partial charge in [-0.05, 0) is 30.2 Å². The number of carboxylic acids is 1. The minimum Gasteiger partial charge on any atom is -0.478 e. The van der Waals surface area contributed by atoms with Gasteiger partial charge in [0.2, 0.25) is 0 Å². The summed E-state index contributed by atoms with van der Waals surface area (Å²) in [6.07, 6.45) is 1.09. The molecule has 76 valence electrons. The van der Waals surface area contributed by atoms with E-state index in [0.29, 0.717) is 22.4 Å². The number of allylic oxidation sites excluding steroid dienone is 1. The number of nitriles is 1. The van der Waals surface area contributed by atoms with E-state index in [0.717, 1.165) is 6.08 Å². The van der Waals surface area contributed by atoms with Crippen molar-refractivity contribution in [2.24, 2.45) is 0 Å². The summed E-state index contributed by atoms with van der Waals surface area (Å²) >= 11 is 0. The third-order valence-electron chi connectivity index (χ3n) is 1.97. The molecule has 0 aliphatic heterocycles. The second-order valence-electron chi connectivity index (χ2n) is 3.08. The zero-order valence-corrected chi connectivity index (χ0v) is 8.19. The molecular formula is C11H10N2O2. The molecule has 1 rings (SSSR count). The summed E-state index contributed by atoms with van der Waals surface area (Å²) in [5.74, 6) is -1.01. The van der Waals surface area contributed by atoms with Gasteiger partial charge in [0.05, 0.1) is 5.56 Å². The summed E-state index contributed by atoms with van der Waals surface area (Å²) in [6.45, 7) is 1.67. The van der Waals surface area contributed by atoms with Gasteiger partial charge in [-0.3, -0.25) is 0 Å². The van der Waals surface area contributed by atoms with E-state index in [1.807, 2.05) is 6.07 Å². The fraction of sp³-hybridized carbons (Fsp3) is 0.0909. The average Bonchev–Trinajstić information content (AvgIpc) is 2.17. The van der Waals surface area contributed by atoms with Crippen LogP contribution in [0.5, 0.6) is 0 Å². The predicted molar refractivity (Wildman–Crippen MR) is 56.9 cm³/mol. The molecule has 0 aromatic heterocycles. The molecule has 0 saturated carbocycles. The molecule has 0 unspecified atom stereocenters. The molecule has 1 aromatic carbocycles. The minimum absolute atomic E-state index is 0.352. The Morgan fingerprint density at radius 1 is 1.60 bits per heavy atom. The van der Waals surface area contributed by atoms with Gasteiger partial charge in [-0.25, -0.2) is 4.79 Å². The topological polar surface area (TPSA) is 87.1 Å². The van der Waals surface area contributed by atoms with Crippen LogP contribution in [0.2, 0.25) is 0 Å². The van der Waals surface area contributed by atoms with Crippen LogP contribution in [0.15, 0.2) is 24.3 Å². The van der Waals surface area contributed by atoms with Crippen molar-refractivity contribution in [3.63, 3.8) is 0 Å². The summed E-state index contributed by atoms with van der Waals surface area (Å²) in [6, 6.07) is 6.79. The maximum absolute atomic E-state index is 10.4. The highest BCUT2D eigenvalue weighted by Crippen LogP contribution is 2.19. The molecule has 0 spiro atoms. The molecule has 0 heterocycles. The van der Waals surface area contributed by atoms with Gasteiger partial charge in [0.25, 0.3) is 0 Å². The van der Waals surface area contributed by atoms with Crippen molar-refractivity contribution >= 4 is 17.2 Å². The molecule has 0 amide bonds. The fourth-order valence-corrected chi connectivity index (χ4v) is 1.17. The lowest BCUT2D eigenvalue weighted by molar-refractivity contribution is -0.131. The van der Waals surface area contributed by atoms with E-state index in [2.05, 4.69) is 0 Å². The maximum Gasteiger partial charge on any atom is 0.328 e. The fourth-order valence-electron chi connectivity index (χ4n) is 1.17. The number of hydrogen-bond donors (Lipinski definition) is 2. The monoisotopic (exact) mass is 202 g/mol. The second kappa shape index (κ2) is 4.29. The van der Waals surface area contributed by atoms with Crippen molar-refractivity contribution in [2.75, 3.05) is 5.73 Å². The van der Waals surface area contributed by atoms with E-state index in [1.165, 1.54) is 0 Å². The number of nitrogens with two attached hydrogens (primary N) is 1. The third-order valence-corrected chi connectivity index (χ3v) is 1.97. The Balaban J connectivity index is 3.18. The standard InChI is InChI=1S/C11H10N2O2/c1-7(4-11(14)15)8-2-3-10(13)9(5-8)6-12/h2-5H,13H2,1H3,(H,14,15)/b7-4+. The van der Waals surface area contributed by atoms with E-state index in [9.17, 15) is 4.79 Å². The molecule has 4 heteroatoms. The van der Waals surface area contributed by atoms with Crippen LogP contribution in [-0.4, -0.2) is 11.1 Å². The summed E-state index contributed by atoms with van der Waals surface area (Å²) in [4.78, 5) is 10.4. The smallest absolute Gasteiger partial charge is 0.328 e. The Morgan fingerprint density at radius 3 is 2.80 bits per heavy atom. The highest BCUT2D eigenvalue weighted by atomic mass is 16.4. The molecule has 1 aromatic rings. The first-order valence-electron chi connectivity index (χ1n) is 4.26. The first-order chi connectivity index (χ1) is 7.04. The summed E-state index contributed by atoms with van der Waals surface area (Å²) in [7, 11) is 0. The number of nitrogen functional groups attached to an aromatic ring is 1. The molecule has 0 bridgehead atoms.